The molecule has 0 atom stereocenters. The maximum atomic E-state index is 13.3. The number of halogens is 1. The predicted octanol–water partition coefficient (Wildman–Crippen LogP) is 2.38. The van der Waals surface area contributed by atoms with Crippen molar-refractivity contribution in [3.05, 3.63) is 65.2 Å². The van der Waals surface area contributed by atoms with Crippen molar-refractivity contribution in [2.24, 2.45) is 0 Å². The van der Waals surface area contributed by atoms with Gasteiger partial charge in [0, 0.05) is 24.2 Å². The maximum Gasteiger partial charge on any atom is 0.331 e. The highest BCUT2D eigenvalue weighted by Crippen LogP contribution is 2.22. The summed E-state index contributed by atoms with van der Waals surface area (Å²) in [6.45, 7) is 0. The minimum Gasteiger partial charge on any atom is -0.306 e. The zero-order valence-electron chi connectivity index (χ0n) is 10.7. The lowest BCUT2D eigenvalue weighted by Gasteiger charge is -1.98. The number of nitrogens with zero attached hydrogens (tertiary/aromatic N) is 3. The molecule has 5 nitrogen and oxygen atoms in total. The molecular weight excluding hydrogens is 271 g/mol. The van der Waals surface area contributed by atoms with Gasteiger partial charge in [-0.1, -0.05) is 12.1 Å². The summed E-state index contributed by atoms with van der Waals surface area (Å²) < 4.78 is 14.7. The molecule has 1 N–H and O–H groups in total. The molecule has 0 saturated carbocycles. The van der Waals surface area contributed by atoms with Crippen LogP contribution in [0.4, 0.5) is 4.39 Å². The van der Waals surface area contributed by atoms with Gasteiger partial charge in [0.05, 0.1) is 16.6 Å². The van der Waals surface area contributed by atoms with Crippen molar-refractivity contribution in [2.45, 2.75) is 0 Å². The summed E-state index contributed by atoms with van der Waals surface area (Å²) in [6.07, 6.45) is 4.84. The van der Waals surface area contributed by atoms with E-state index in [9.17, 15) is 9.18 Å². The summed E-state index contributed by atoms with van der Waals surface area (Å²) in [4.78, 5) is 23.3. The Morgan fingerprint density at radius 3 is 3.00 bits per heavy atom. The van der Waals surface area contributed by atoms with E-state index in [4.69, 9.17) is 0 Å². The fraction of sp³-hybridized carbons (Fsp3) is 0. The Bertz CT molecular complexity index is 1030. The second kappa shape index (κ2) is 4.24. The Kier molecular flexibility index (Phi) is 2.38. The third-order valence-electron chi connectivity index (χ3n) is 3.35. The first-order valence-corrected chi connectivity index (χ1v) is 6.33. The molecule has 0 fully saturated rings. The SMILES string of the molecule is O=c1[nH]c2ccncc2c2nc(-c3cccc(F)c3)cn12. The third kappa shape index (κ3) is 1.80. The highest BCUT2D eigenvalue weighted by molar-refractivity contribution is 5.91. The standard InChI is InChI=1S/C15H9FN4O/c16-10-3-1-2-9(6-10)13-8-20-14(18-13)11-7-17-5-4-12(11)19-15(20)21/h1-8H,(H,19,21). The van der Waals surface area contributed by atoms with Crippen LogP contribution in [-0.4, -0.2) is 19.4 Å². The number of hydrogen-bond donors (Lipinski definition) is 1. The lowest BCUT2D eigenvalue weighted by Crippen LogP contribution is -2.15. The van der Waals surface area contributed by atoms with Crippen LogP contribution in [0.2, 0.25) is 0 Å². The largest absolute Gasteiger partial charge is 0.331 e. The van der Waals surface area contributed by atoms with Crippen molar-refractivity contribution in [3.63, 3.8) is 0 Å². The van der Waals surface area contributed by atoms with Crippen molar-refractivity contribution < 1.29 is 4.39 Å². The quantitative estimate of drug-likeness (QED) is 0.582. The van der Waals surface area contributed by atoms with Gasteiger partial charge in [0.2, 0.25) is 0 Å². The third-order valence-corrected chi connectivity index (χ3v) is 3.35. The van der Waals surface area contributed by atoms with E-state index in [0.717, 1.165) is 5.39 Å². The maximum absolute atomic E-state index is 13.3. The first kappa shape index (κ1) is 11.8. The molecule has 0 spiro atoms. The average Bonchev–Trinajstić information content (AvgIpc) is 2.93. The Hall–Kier alpha value is -3.02. The van der Waals surface area contributed by atoms with Crippen LogP contribution < -0.4 is 5.69 Å². The highest BCUT2D eigenvalue weighted by atomic mass is 19.1. The summed E-state index contributed by atoms with van der Waals surface area (Å²) in [5, 5.41) is 0.736. The molecule has 102 valence electrons. The van der Waals surface area contributed by atoms with E-state index in [1.807, 2.05) is 0 Å². The van der Waals surface area contributed by atoms with Crippen molar-refractivity contribution in [3.8, 4) is 11.3 Å². The summed E-state index contributed by atoms with van der Waals surface area (Å²) in [5.74, 6) is -0.343. The first-order chi connectivity index (χ1) is 10.2. The molecule has 0 amide bonds. The number of H-pyrrole nitrogens is 1. The molecule has 0 unspecified atom stereocenters. The Labute approximate surface area is 117 Å². The average molecular weight is 280 g/mol. The van der Waals surface area contributed by atoms with Gasteiger partial charge < -0.3 is 4.98 Å². The Morgan fingerprint density at radius 1 is 1.24 bits per heavy atom. The summed E-state index contributed by atoms with van der Waals surface area (Å²) in [7, 11) is 0. The highest BCUT2D eigenvalue weighted by Gasteiger charge is 2.10. The van der Waals surface area contributed by atoms with Gasteiger partial charge >= 0.3 is 5.69 Å². The van der Waals surface area contributed by atoms with Crippen molar-refractivity contribution >= 4 is 16.6 Å². The monoisotopic (exact) mass is 280 g/mol. The summed E-state index contributed by atoms with van der Waals surface area (Å²) >= 11 is 0. The minimum absolute atomic E-state index is 0.293. The van der Waals surface area contributed by atoms with E-state index < -0.39 is 0 Å². The van der Waals surface area contributed by atoms with E-state index in [1.165, 1.54) is 16.5 Å². The van der Waals surface area contributed by atoms with Gasteiger partial charge in [-0.15, -0.1) is 0 Å². The number of imidazole rings is 1. The topological polar surface area (TPSA) is 63.0 Å². The van der Waals surface area contributed by atoms with Crippen molar-refractivity contribution in [1.29, 1.82) is 0 Å². The number of fused-ring (bicyclic) bond motifs is 3. The van der Waals surface area contributed by atoms with E-state index in [2.05, 4.69) is 15.0 Å². The molecule has 4 rings (SSSR count). The van der Waals surface area contributed by atoms with Crippen molar-refractivity contribution in [1.82, 2.24) is 19.4 Å². The lowest BCUT2D eigenvalue weighted by atomic mass is 10.2. The summed E-state index contributed by atoms with van der Waals surface area (Å²) in [5.41, 5.74) is 2.03. The molecule has 0 aliphatic rings. The van der Waals surface area contributed by atoms with Crippen LogP contribution in [0.25, 0.3) is 27.8 Å². The van der Waals surface area contributed by atoms with Gasteiger partial charge in [-0.05, 0) is 18.2 Å². The van der Waals surface area contributed by atoms with Gasteiger partial charge in [0.1, 0.15) is 5.82 Å². The Morgan fingerprint density at radius 2 is 2.14 bits per heavy atom. The van der Waals surface area contributed by atoms with Gasteiger partial charge in [-0.2, -0.15) is 0 Å². The molecule has 3 heterocycles. The van der Waals surface area contributed by atoms with E-state index in [-0.39, 0.29) is 11.5 Å². The predicted molar refractivity (Wildman–Crippen MR) is 76.5 cm³/mol. The molecular formula is C15H9FN4O. The fourth-order valence-corrected chi connectivity index (χ4v) is 2.37. The second-order valence-corrected chi connectivity index (χ2v) is 4.68. The normalized spacial score (nSPS) is 11.3. The van der Waals surface area contributed by atoms with Gasteiger partial charge in [0.15, 0.2) is 5.65 Å². The number of benzene rings is 1. The van der Waals surface area contributed by atoms with E-state index in [0.29, 0.717) is 22.4 Å². The molecule has 0 aliphatic carbocycles. The molecule has 3 aromatic heterocycles. The molecule has 0 radical (unpaired) electrons. The molecule has 6 heteroatoms. The van der Waals surface area contributed by atoms with Crippen LogP contribution in [0.5, 0.6) is 0 Å². The summed E-state index contributed by atoms with van der Waals surface area (Å²) in [6, 6.07) is 7.83. The molecule has 1 aromatic carbocycles. The van der Waals surface area contributed by atoms with Crippen LogP contribution in [0, 0.1) is 5.82 Å². The smallest absolute Gasteiger partial charge is 0.306 e. The van der Waals surface area contributed by atoms with Gasteiger partial charge in [0.25, 0.3) is 0 Å². The molecule has 4 aromatic rings. The van der Waals surface area contributed by atoms with Crippen molar-refractivity contribution in [2.75, 3.05) is 0 Å². The van der Waals surface area contributed by atoms with Crippen LogP contribution in [-0.2, 0) is 0 Å². The van der Waals surface area contributed by atoms with Crippen LogP contribution >= 0.6 is 0 Å². The zero-order chi connectivity index (χ0) is 14.4. The second-order valence-electron chi connectivity index (χ2n) is 4.68. The van der Waals surface area contributed by atoms with E-state index in [1.54, 1.807) is 36.8 Å². The van der Waals surface area contributed by atoms with Crippen LogP contribution in [0.3, 0.4) is 0 Å². The number of aromatic amines is 1. The Balaban J connectivity index is 2.08. The number of rotatable bonds is 1. The lowest BCUT2D eigenvalue weighted by molar-refractivity contribution is 0.628. The molecule has 0 bridgehead atoms. The van der Waals surface area contributed by atoms with Gasteiger partial charge in [-0.25, -0.2) is 14.2 Å². The number of nitrogens with one attached hydrogen (secondary N) is 1. The number of aromatic nitrogens is 4. The zero-order valence-corrected chi connectivity index (χ0v) is 10.7. The fourth-order valence-electron chi connectivity index (χ4n) is 2.37. The van der Waals surface area contributed by atoms with Crippen LogP contribution in [0.15, 0.2) is 53.7 Å². The minimum atomic E-state index is -0.343. The molecule has 0 aliphatic heterocycles. The van der Waals surface area contributed by atoms with Gasteiger partial charge in [-0.3, -0.25) is 9.38 Å². The molecule has 21 heavy (non-hydrogen) atoms. The number of hydrogen-bond acceptors (Lipinski definition) is 3. The first-order valence-electron chi connectivity index (χ1n) is 6.33. The molecule has 0 saturated heterocycles. The van der Waals surface area contributed by atoms with Crippen LogP contribution in [0.1, 0.15) is 0 Å². The number of pyridine rings is 1. The van der Waals surface area contributed by atoms with E-state index >= 15 is 0 Å².